The summed E-state index contributed by atoms with van der Waals surface area (Å²) in [5.74, 6) is 0.570. The lowest BCUT2D eigenvalue weighted by Crippen LogP contribution is -2.36. The first kappa shape index (κ1) is 14.4. The molecule has 0 atom stereocenters. The fraction of sp³-hybridized carbons (Fsp3) is 0.533. The van der Waals surface area contributed by atoms with Crippen LogP contribution in [0.1, 0.15) is 23.5 Å². The first-order chi connectivity index (χ1) is 10.2. The van der Waals surface area contributed by atoms with E-state index < -0.39 is 0 Å². The molecule has 1 aliphatic rings. The van der Waals surface area contributed by atoms with Crippen LogP contribution in [0.25, 0.3) is 0 Å². The van der Waals surface area contributed by atoms with E-state index in [-0.39, 0.29) is 5.56 Å². The molecule has 3 rings (SSSR count). The van der Waals surface area contributed by atoms with Crippen LogP contribution in [0.15, 0.2) is 28.8 Å². The van der Waals surface area contributed by atoms with Crippen LogP contribution in [-0.4, -0.2) is 32.5 Å². The first-order valence-corrected chi connectivity index (χ1v) is 8.22. The highest BCUT2D eigenvalue weighted by atomic mass is 32.1. The van der Waals surface area contributed by atoms with E-state index in [9.17, 15) is 4.79 Å². The summed E-state index contributed by atoms with van der Waals surface area (Å²) in [6.45, 7) is 5.94. The van der Waals surface area contributed by atoms with E-state index in [0.29, 0.717) is 5.92 Å². The number of aryl methyl sites for hydroxylation is 1. The van der Waals surface area contributed by atoms with Gasteiger partial charge in [0.05, 0.1) is 17.0 Å². The molecule has 1 saturated heterocycles. The molecule has 0 spiro atoms. The topological polar surface area (TPSA) is 51.0 Å². The summed E-state index contributed by atoms with van der Waals surface area (Å²) in [6.07, 6.45) is 5.46. The third-order valence-corrected chi connectivity index (χ3v) is 4.83. The van der Waals surface area contributed by atoms with E-state index in [0.717, 1.165) is 44.0 Å². The van der Waals surface area contributed by atoms with Crippen LogP contribution >= 0.6 is 11.3 Å². The summed E-state index contributed by atoms with van der Waals surface area (Å²) in [5, 5.41) is 3.28. The van der Waals surface area contributed by atoms with Crippen LogP contribution in [0.4, 0.5) is 0 Å². The van der Waals surface area contributed by atoms with Gasteiger partial charge in [0.15, 0.2) is 0 Å². The molecule has 0 aliphatic carbocycles. The lowest BCUT2D eigenvalue weighted by Gasteiger charge is -2.31. The van der Waals surface area contributed by atoms with E-state index >= 15 is 0 Å². The van der Waals surface area contributed by atoms with Crippen molar-refractivity contribution in [2.45, 2.75) is 32.9 Å². The van der Waals surface area contributed by atoms with E-state index in [2.05, 4.69) is 20.2 Å². The van der Waals surface area contributed by atoms with Gasteiger partial charge in [0.2, 0.25) is 0 Å². The number of hydrogen-bond acceptors (Lipinski definition) is 5. The van der Waals surface area contributed by atoms with Crippen molar-refractivity contribution in [3.05, 3.63) is 45.0 Å². The number of rotatable bonds is 4. The third kappa shape index (κ3) is 3.77. The van der Waals surface area contributed by atoms with Crippen molar-refractivity contribution in [2.75, 3.05) is 13.1 Å². The molecule has 112 valence electrons. The van der Waals surface area contributed by atoms with Gasteiger partial charge in [-0.1, -0.05) is 0 Å². The number of nitrogens with zero attached hydrogens (tertiary/aromatic N) is 4. The highest BCUT2D eigenvalue weighted by Crippen LogP contribution is 2.20. The van der Waals surface area contributed by atoms with Crippen LogP contribution < -0.4 is 5.56 Å². The van der Waals surface area contributed by atoms with Crippen LogP contribution in [0, 0.1) is 12.8 Å². The second-order valence-corrected chi connectivity index (χ2v) is 6.71. The van der Waals surface area contributed by atoms with Crippen LogP contribution in [-0.2, 0) is 13.1 Å². The summed E-state index contributed by atoms with van der Waals surface area (Å²) in [4.78, 5) is 22.7. The summed E-state index contributed by atoms with van der Waals surface area (Å²) >= 11 is 1.71. The summed E-state index contributed by atoms with van der Waals surface area (Å²) in [7, 11) is 0. The maximum Gasteiger partial charge on any atom is 0.253 e. The zero-order valence-electron chi connectivity index (χ0n) is 12.2. The van der Waals surface area contributed by atoms with E-state index in [1.807, 2.05) is 6.92 Å². The molecule has 0 bridgehead atoms. The van der Waals surface area contributed by atoms with Gasteiger partial charge in [-0.3, -0.25) is 14.3 Å². The second kappa shape index (κ2) is 6.49. The number of aromatic nitrogens is 3. The Hall–Kier alpha value is -1.53. The Morgan fingerprint density at radius 3 is 2.86 bits per heavy atom. The Kier molecular flexibility index (Phi) is 4.45. The minimum Gasteiger partial charge on any atom is -0.299 e. The number of hydrogen-bond donors (Lipinski definition) is 0. The van der Waals surface area contributed by atoms with Crippen molar-refractivity contribution < 1.29 is 0 Å². The lowest BCUT2D eigenvalue weighted by atomic mass is 9.96. The van der Waals surface area contributed by atoms with Gasteiger partial charge in [0.1, 0.15) is 0 Å². The van der Waals surface area contributed by atoms with E-state index in [1.165, 1.54) is 11.8 Å². The molecule has 3 heterocycles. The Morgan fingerprint density at radius 1 is 1.38 bits per heavy atom. The van der Waals surface area contributed by atoms with Gasteiger partial charge in [-0.25, -0.2) is 9.97 Å². The predicted molar refractivity (Wildman–Crippen MR) is 83.3 cm³/mol. The zero-order valence-corrected chi connectivity index (χ0v) is 13.1. The highest BCUT2D eigenvalue weighted by molar-refractivity contribution is 7.09. The summed E-state index contributed by atoms with van der Waals surface area (Å²) in [6, 6.07) is 1.53. The van der Waals surface area contributed by atoms with E-state index in [1.54, 1.807) is 28.4 Å². The molecule has 0 aromatic carbocycles. The molecule has 5 nitrogen and oxygen atoms in total. The van der Waals surface area contributed by atoms with Crippen LogP contribution in [0.5, 0.6) is 0 Å². The third-order valence-electron chi connectivity index (χ3n) is 4.01. The highest BCUT2D eigenvalue weighted by Gasteiger charge is 2.20. The quantitative estimate of drug-likeness (QED) is 0.866. The minimum absolute atomic E-state index is 0.0466. The van der Waals surface area contributed by atoms with Gasteiger partial charge in [-0.05, 0) is 38.8 Å². The molecular weight excluding hydrogens is 284 g/mol. The van der Waals surface area contributed by atoms with Crippen molar-refractivity contribution in [3.63, 3.8) is 0 Å². The average molecular weight is 304 g/mol. The molecule has 2 aromatic rings. The second-order valence-electron chi connectivity index (χ2n) is 5.65. The standard InChI is InChI=1S/C15H20N4OS/c1-12-17-14(10-21-12)9-18-6-3-13(4-7-18)8-19-11-16-5-2-15(19)20/h2,5,10-11,13H,3-4,6-9H2,1H3. The molecule has 0 amide bonds. The van der Waals surface area contributed by atoms with Gasteiger partial charge in [-0.15, -0.1) is 11.3 Å². The van der Waals surface area contributed by atoms with Gasteiger partial charge in [-0.2, -0.15) is 0 Å². The molecular formula is C15H20N4OS. The molecule has 1 aliphatic heterocycles. The van der Waals surface area contributed by atoms with Crippen molar-refractivity contribution in [1.29, 1.82) is 0 Å². The fourth-order valence-corrected chi connectivity index (χ4v) is 3.43. The molecule has 21 heavy (non-hydrogen) atoms. The molecule has 0 unspecified atom stereocenters. The SMILES string of the molecule is Cc1nc(CN2CCC(Cn3cnccc3=O)CC2)cs1. The molecule has 0 saturated carbocycles. The van der Waals surface area contributed by atoms with Gasteiger partial charge >= 0.3 is 0 Å². The van der Waals surface area contributed by atoms with E-state index in [4.69, 9.17) is 0 Å². The fourth-order valence-electron chi connectivity index (χ4n) is 2.83. The Labute approximate surface area is 128 Å². The van der Waals surface area contributed by atoms with Crippen molar-refractivity contribution >= 4 is 11.3 Å². The van der Waals surface area contributed by atoms with Crippen molar-refractivity contribution in [2.24, 2.45) is 5.92 Å². The van der Waals surface area contributed by atoms with Crippen LogP contribution in [0.2, 0.25) is 0 Å². The van der Waals surface area contributed by atoms with Crippen molar-refractivity contribution in [3.8, 4) is 0 Å². The Balaban J connectivity index is 1.51. The monoisotopic (exact) mass is 304 g/mol. The zero-order chi connectivity index (χ0) is 14.7. The van der Waals surface area contributed by atoms with Crippen LogP contribution in [0.3, 0.4) is 0 Å². The van der Waals surface area contributed by atoms with Gasteiger partial charge < -0.3 is 0 Å². The lowest BCUT2D eigenvalue weighted by molar-refractivity contribution is 0.165. The first-order valence-electron chi connectivity index (χ1n) is 7.34. The summed E-state index contributed by atoms with van der Waals surface area (Å²) in [5.41, 5.74) is 1.23. The van der Waals surface area contributed by atoms with Gasteiger partial charge in [0, 0.05) is 30.7 Å². The normalized spacial score (nSPS) is 17.2. The molecule has 1 fully saturated rings. The van der Waals surface area contributed by atoms with Crippen molar-refractivity contribution in [1.82, 2.24) is 19.4 Å². The maximum absolute atomic E-state index is 11.7. The number of piperidine rings is 1. The molecule has 6 heteroatoms. The molecule has 2 aromatic heterocycles. The minimum atomic E-state index is 0.0466. The Morgan fingerprint density at radius 2 is 2.19 bits per heavy atom. The van der Waals surface area contributed by atoms with Gasteiger partial charge in [0.25, 0.3) is 5.56 Å². The number of likely N-dealkylation sites (tertiary alicyclic amines) is 1. The average Bonchev–Trinajstić information content (AvgIpc) is 2.89. The predicted octanol–water partition coefficient (Wildman–Crippen LogP) is 1.92. The molecule has 0 N–H and O–H groups in total. The summed E-state index contributed by atoms with van der Waals surface area (Å²) < 4.78 is 1.73. The largest absolute Gasteiger partial charge is 0.299 e. The smallest absolute Gasteiger partial charge is 0.253 e. The Bertz CT molecular complexity index is 643. The molecule has 0 radical (unpaired) electrons. The number of thiazole rings is 1. The maximum atomic E-state index is 11.7.